The number of allylic oxidation sites excluding steroid dienone is 3. The fourth-order valence-electron chi connectivity index (χ4n) is 9.29. The van der Waals surface area contributed by atoms with Crippen LogP contribution in [0.2, 0.25) is 0 Å². The first kappa shape index (κ1) is 70.5. The van der Waals surface area contributed by atoms with E-state index in [1.54, 1.807) is 0 Å². The summed E-state index contributed by atoms with van der Waals surface area (Å²) in [4.78, 5) is 37.6. The lowest BCUT2D eigenvalue weighted by Gasteiger charge is -2.27. The summed E-state index contributed by atoms with van der Waals surface area (Å²) < 4.78 is 30.7. The maximum absolute atomic E-state index is 13.5. The fraction of sp³-hybridized carbons (Fsp3) is 0.903. The second-order valence-corrected chi connectivity index (χ2v) is 24.0. The highest BCUT2D eigenvalue weighted by molar-refractivity contribution is 7.47. The Morgan fingerprint density at radius 1 is 0.472 bits per heavy atom. The second kappa shape index (κ2) is 52.9. The van der Waals surface area contributed by atoms with E-state index in [1.165, 1.54) is 205 Å². The third-order valence-corrected chi connectivity index (χ3v) is 15.1. The average molecular weight is 1040 g/mol. The Kier molecular flexibility index (Phi) is 51.8. The van der Waals surface area contributed by atoms with Crippen molar-refractivity contribution in [1.29, 1.82) is 0 Å². The first-order chi connectivity index (χ1) is 34.9. The number of quaternary nitrogens is 1. The SMILES string of the molecule is CCCCCCCC/C=C\CCCCCC(=O)OC(/C=C/CCCCCCCCCCCC)C(COP(=O)(O)OCC[N+](C)(C)C)NC(=O)CCCCCCCCCCCCCCCCCCCCCCC. The number of hydrogen-bond acceptors (Lipinski definition) is 6. The predicted molar refractivity (Wildman–Crippen MR) is 310 cm³/mol. The number of phosphoric ester groups is 1. The van der Waals surface area contributed by atoms with Gasteiger partial charge in [0, 0.05) is 12.8 Å². The molecule has 0 aliphatic heterocycles. The Balaban J connectivity index is 5.17. The van der Waals surface area contributed by atoms with Crippen molar-refractivity contribution in [1.82, 2.24) is 5.32 Å². The van der Waals surface area contributed by atoms with Gasteiger partial charge in [0.15, 0.2) is 0 Å². The minimum Gasteiger partial charge on any atom is -0.456 e. The molecule has 0 spiro atoms. The monoisotopic (exact) mass is 1040 g/mol. The molecule has 0 aromatic heterocycles. The van der Waals surface area contributed by atoms with Gasteiger partial charge in [0.25, 0.3) is 0 Å². The maximum Gasteiger partial charge on any atom is 0.472 e. The van der Waals surface area contributed by atoms with E-state index in [1.807, 2.05) is 33.3 Å². The van der Waals surface area contributed by atoms with Crippen LogP contribution in [0.3, 0.4) is 0 Å². The third-order valence-electron chi connectivity index (χ3n) is 14.1. The van der Waals surface area contributed by atoms with Crippen molar-refractivity contribution >= 4 is 19.7 Å². The molecule has 0 bridgehead atoms. The van der Waals surface area contributed by atoms with Gasteiger partial charge in [0.05, 0.1) is 33.8 Å². The molecule has 2 N–H and O–H groups in total. The number of carbonyl (C=O) groups is 2. The number of rotatable bonds is 57. The number of nitrogens with one attached hydrogen (secondary N) is 1. The number of unbranched alkanes of at least 4 members (excludes halogenated alkanes) is 39. The Hall–Kier alpha value is -1.51. The Morgan fingerprint density at radius 2 is 0.806 bits per heavy atom. The van der Waals surface area contributed by atoms with Crippen LogP contribution in [0.25, 0.3) is 0 Å². The van der Waals surface area contributed by atoms with Crippen LogP contribution in [-0.4, -0.2) is 74.3 Å². The summed E-state index contributed by atoms with van der Waals surface area (Å²) in [5, 5.41) is 3.06. The molecule has 3 unspecified atom stereocenters. The van der Waals surface area contributed by atoms with Gasteiger partial charge in [-0.05, 0) is 57.4 Å². The van der Waals surface area contributed by atoms with E-state index >= 15 is 0 Å². The first-order valence-corrected chi connectivity index (χ1v) is 32.7. The second-order valence-electron chi connectivity index (χ2n) is 22.6. The van der Waals surface area contributed by atoms with Gasteiger partial charge in [-0.15, -0.1) is 0 Å². The zero-order valence-electron chi connectivity index (χ0n) is 48.7. The van der Waals surface area contributed by atoms with Crippen molar-refractivity contribution in [3.63, 3.8) is 0 Å². The highest BCUT2D eigenvalue weighted by Crippen LogP contribution is 2.43. The zero-order valence-corrected chi connectivity index (χ0v) is 49.6. The molecule has 3 atom stereocenters. The predicted octanol–water partition coefficient (Wildman–Crippen LogP) is 18.9. The Bertz CT molecular complexity index is 1290. The van der Waals surface area contributed by atoms with Crippen molar-refractivity contribution < 1.29 is 37.3 Å². The highest BCUT2D eigenvalue weighted by atomic mass is 31.2. The van der Waals surface area contributed by atoms with Crippen LogP contribution in [0.1, 0.15) is 310 Å². The van der Waals surface area contributed by atoms with Gasteiger partial charge >= 0.3 is 13.8 Å². The molecule has 0 saturated heterocycles. The van der Waals surface area contributed by atoms with E-state index in [4.69, 9.17) is 13.8 Å². The van der Waals surface area contributed by atoms with Crippen molar-refractivity contribution in [2.24, 2.45) is 0 Å². The standard InChI is InChI=1S/C62H121N2O7P/c1-7-10-13-16-19-22-25-28-29-30-31-32-33-34-35-37-39-42-45-48-51-54-61(65)63-59(58-70-72(67,68)69-57-56-64(4,5)6)60(53-50-47-44-41-38-27-24-21-18-15-12-9-3)71-62(66)55-52-49-46-43-40-36-26-23-20-17-14-11-8-2/h36,40,50,53,59-60H,7-35,37-39,41-49,51-52,54-58H2,1-6H3,(H-,63,65,67,68)/p+1/b40-36-,53-50+. The molecule has 10 heteroatoms. The number of ether oxygens (including phenoxy) is 1. The summed E-state index contributed by atoms with van der Waals surface area (Å²) in [6.45, 7) is 7.03. The average Bonchev–Trinajstić information content (AvgIpc) is 3.34. The van der Waals surface area contributed by atoms with Crippen molar-refractivity contribution in [2.75, 3.05) is 40.9 Å². The molecule has 0 heterocycles. The molecule has 0 aliphatic carbocycles. The number of nitrogens with zero attached hydrogens (tertiary/aromatic N) is 1. The molecule has 426 valence electrons. The minimum absolute atomic E-state index is 0.0415. The molecule has 0 aliphatic rings. The topological polar surface area (TPSA) is 111 Å². The van der Waals surface area contributed by atoms with Crippen LogP contribution in [-0.2, 0) is 27.9 Å². The van der Waals surface area contributed by atoms with Crippen LogP contribution < -0.4 is 5.32 Å². The van der Waals surface area contributed by atoms with E-state index in [-0.39, 0.29) is 31.5 Å². The summed E-state index contributed by atoms with van der Waals surface area (Å²) >= 11 is 0. The normalized spacial score (nSPS) is 13.8. The van der Waals surface area contributed by atoms with Crippen molar-refractivity contribution in [2.45, 2.75) is 322 Å². The number of likely N-dealkylation sites (N-methyl/N-ethyl adjacent to an activating group) is 1. The largest absolute Gasteiger partial charge is 0.472 e. The molecule has 1 amide bonds. The molecular formula is C62H122N2O7P+. The van der Waals surface area contributed by atoms with Gasteiger partial charge in [-0.1, -0.05) is 264 Å². The molecule has 0 aromatic carbocycles. The molecule has 9 nitrogen and oxygen atoms in total. The molecule has 0 saturated carbocycles. The minimum atomic E-state index is -4.44. The van der Waals surface area contributed by atoms with Gasteiger partial charge in [-0.25, -0.2) is 4.57 Å². The van der Waals surface area contributed by atoms with E-state index < -0.39 is 20.0 Å². The highest BCUT2D eigenvalue weighted by Gasteiger charge is 2.30. The lowest BCUT2D eigenvalue weighted by atomic mass is 10.0. The number of phosphoric acid groups is 1. The number of hydrogen-bond donors (Lipinski definition) is 2. The molecule has 0 aromatic rings. The molecular weight excluding hydrogens is 916 g/mol. The zero-order chi connectivity index (χ0) is 52.9. The van der Waals surface area contributed by atoms with E-state index in [0.717, 1.165) is 70.6 Å². The summed E-state index contributed by atoms with van der Waals surface area (Å²) in [5.74, 6) is -0.508. The van der Waals surface area contributed by atoms with E-state index in [2.05, 4.69) is 38.2 Å². The van der Waals surface area contributed by atoms with Crippen LogP contribution in [0.4, 0.5) is 0 Å². The smallest absolute Gasteiger partial charge is 0.456 e. The van der Waals surface area contributed by atoms with Gasteiger partial charge in [-0.2, -0.15) is 0 Å². The van der Waals surface area contributed by atoms with Crippen LogP contribution >= 0.6 is 7.82 Å². The van der Waals surface area contributed by atoms with E-state index in [9.17, 15) is 19.0 Å². The Morgan fingerprint density at radius 3 is 1.19 bits per heavy atom. The van der Waals surface area contributed by atoms with Crippen molar-refractivity contribution in [3.05, 3.63) is 24.3 Å². The van der Waals surface area contributed by atoms with Crippen LogP contribution in [0.15, 0.2) is 24.3 Å². The van der Waals surface area contributed by atoms with Crippen LogP contribution in [0.5, 0.6) is 0 Å². The summed E-state index contributed by atoms with van der Waals surface area (Å²) in [7, 11) is 1.50. The number of esters is 1. The van der Waals surface area contributed by atoms with Crippen molar-refractivity contribution in [3.8, 4) is 0 Å². The molecule has 72 heavy (non-hydrogen) atoms. The Labute approximate surface area is 447 Å². The van der Waals surface area contributed by atoms with Crippen LogP contribution in [0, 0.1) is 0 Å². The van der Waals surface area contributed by atoms with Gasteiger partial charge in [-0.3, -0.25) is 18.6 Å². The molecule has 0 radical (unpaired) electrons. The first-order valence-electron chi connectivity index (χ1n) is 31.2. The molecule has 0 rings (SSSR count). The maximum atomic E-state index is 13.5. The quantitative estimate of drug-likeness (QED) is 0.0205. The van der Waals surface area contributed by atoms with Gasteiger partial charge < -0.3 is 19.4 Å². The summed E-state index contributed by atoms with van der Waals surface area (Å²) in [5.41, 5.74) is 0. The molecule has 0 fully saturated rings. The summed E-state index contributed by atoms with van der Waals surface area (Å²) in [6.07, 6.45) is 61.8. The fourth-order valence-corrected chi connectivity index (χ4v) is 10.0. The third kappa shape index (κ3) is 53.3. The van der Waals surface area contributed by atoms with Gasteiger partial charge in [0.1, 0.15) is 19.3 Å². The number of amides is 1. The van der Waals surface area contributed by atoms with Gasteiger partial charge in [0.2, 0.25) is 5.91 Å². The lowest BCUT2D eigenvalue weighted by molar-refractivity contribution is -0.870. The summed E-state index contributed by atoms with van der Waals surface area (Å²) in [6, 6.07) is -0.848. The number of carbonyl (C=O) groups excluding carboxylic acids is 2. The lowest BCUT2D eigenvalue weighted by Crippen LogP contribution is -2.47. The van der Waals surface area contributed by atoms with E-state index in [0.29, 0.717) is 17.4 Å².